The van der Waals surface area contributed by atoms with Crippen LogP contribution < -0.4 is 4.74 Å². The number of unbranched alkanes of at least 4 members (excludes halogenated alkanes) is 3. The van der Waals surface area contributed by atoms with Crippen LogP contribution in [0.2, 0.25) is 0 Å². The summed E-state index contributed by atoms with van der Waals surface area (Å²) in [5.41, 5.74) is 1.38. The van der Waals surface area contributed by atoms with Gasteiger partial charge in [0.15, 0.2) is 0 Å². The van der Waals surface area contributed by atoms with Crippen molar-refractivity contribution in [1.82, 2.24) is 0 Å². The van der Waals surface area contributed by atoms with E-state index in [9.17, 15) is 0 Å². The summed E-state index contributed by atoms with van der Waals surface area (Å²) in [5.74, 6) is 1.49. The molecule has 0 saturated carbocycles. The van der Waals surface area contributed by atoms with Crippen molar-refractivity contribution in [2.75, 3.05) is 13.7 Å². The summed E-state index contributed by atoms with van der Waals surface area (Å²) in [4.78, 5) is 0. The summed E-state index contributed by atoms with van der Waals surface area (Å²) in [6.45, 7) is 3.14. The van der Waals surface area contributed by atoms with Gasteiger partial charge in [-0.1, -0.05) is 44.7 Å². The lowest BCUT2D eigenvalue weighted by Gasteiger charge is -2.29. The summed E-state index contributed by atoms with van der Waals surface area (Å²) in [6.07, 6.45) is 9.57. The number of rotatable bonds is 7. The molecular weight excluding hydrogens is 248 g/mol. The molecule has 1 heterocycles. The van der Waals surface area contributed by atoms with E-state index in [0.717, 1.165) is 12.4 Å². The van der Waals surface area contributed by atoms with Gasteiger partial charge in [-0.15, -0.1) is 0 Å². The standard InChI is InChI=1S/C18H28O2/c1-3-4-5-6-7-18-13-10-16(14-20-18)15-8-11-17(19-2)12-9-15/h8-9,11-12,16,18H,3-7,10,13-14H2,1-2H3. The van der Waals surface area contributed by atoms with Gasteiger partial charge in [-0.3, -0.25) is 0 Å². The first-order valence-electron chi connectivity index (χ1n) is 8.09. The van der Waals surface area contributed by atoms with Crippen LogP contribution in [0.3, 0.4) is 0 Å². The second kappa shape index (κ2) is 8.31. The second-order valence-electron chi connectivity index (χ2n) is 5.85. The topological polar surface area (TPSA) is 18.5 Å². The van der Waals surface area contributed by atoms with Crippen LogP contribution in [-0.2, 0) is 4.74 Å². The minimum absolute atomic E-state index is 0.501. The SMILES string of the molecule is CCCCCCC1CCC(c2ccc(OC)cc2)CO1. The van der Waals surface area contributed by atoms with Crippen molar-refractivity contribution in [2.45, 2.75) is 63.9 Å². The van der Waals surface area contributed by atoms with E-state index in [4.69, 9.17) is 9.47 Å². The van der Waals surface area contributed by atoms with Crippen molar-refractivity contribution < 1.29 is 9.47 Å². The molecule has 0 radical (unpaired) electrons. The normalized spacial score (nSPS) is 22.7. The van der Waals surface area contributed by atoms with E-state index in [1.165, 1.54) is 50.5 Å². The number of methoxy groups -OCH3 is 1. The van der Waals surface area contributed by atoms with Gasteiger partial charge in [-0.2, -0.15) is 0 Å². The molecule has 1 saturated heterocycles. The Labute approximate surface area is 123 Å². The molecule has 2 heteroatoms. The smallest absolute Gasteiger partial charge is 0.118 e. The lowest BCUT2D eigenvalue weighted by molar-refractivity contribution is -0.00213. The van der Waals surface area contributed by atoms with Crippen LogP contribution in [0.25, 0.3) is 0 Å². The molecule has 0 spiro atoms. The third-order valence-electron chi connectivity index (χ3n) is 4.34. The first-order valence-corrected chi connectivity index (χ1v) is 8.09. The zero-order chi connectivity index (χ0) is 14.2. The quantitative estimate of drug-likeness (QED) is 0.657. The van der Waals surface area contributed by atoms with Crippen molar-refractivity contribution >= 4 is 0 Å². The van der Waals surface area contributed by atoms with E-state index in [1.54, 1.807) is 7.11 Å². The molecule has 0 amide bonds. The van der Waals surface area contributed by atoms with E-state index in [0.29, 0.717) is 12.0 Å². The van der Waals surface area contributed by atoms with Gasteiger partial charge < -0.3 is 9.47 Å². The second-order valence-corrected chi connectivity index (χ2v) is 5.85. The predicted octanol–water partition coefficient (Wildman–Crippen LogP) is 4.93. The molecule has 2 unspecified atom stereocenters. The van der Waals surface area contributed by atoms with Crippen molar-refractivity contribution in [3.05, 3.63) is 29.8 Å². The minimum atomic E-state index is 0.501. The van der Waals surface area contributed by atoms with Gasteiger partial charge in [-0.05, 0) is 37.0 Å². The Morgan fingerprint density at radius 3 is 2.50 bits per heavy atom. The average Bonchev–Trinajstić information content (AvgIpc) is 2.52. The van der Waals surface area contributed by atoms with Crippen LogP contribution >= 0.6 is 0 Å². The number of benzene rings is 1. The van der Waals surface area contributed by atoms with E-state index in [-0.39, 0.29) is 0 Å². The summed E-state index contributed by atoms with van der Waals surface area (Å²) in [5, 5.41) is 0. The van der Waals surface area contributed by atoms with Gasteiger partial charge >= 0.3 is 0 Å². The Bertz CT molecular complexity index is 364. The monoisotopic (exact) mass is 276 g/mol. The van der Waals surface area contributed by atoms with Crippen molar-refractivity contribution in [2.24, 2.45) is 0 Å². The Morgan fingerprint density at radius 2 is 1.90 bits per heavy atom. The molecule has 20 heavy (non-hydrogen) atoms. The van der Waals surface area contributed by atoms with E-state index in [1.807, 2.05) is 12.1 Å². The Morgan fingerprint density at radius 1 is 1.10 bits per heavy atom. The molecule has 1 aliphatic heterocycles. The van der Waals surface area contributed by atoms with Gasteiger partial charge in [-0.25, -0.2) is 0 Å². The first kappa shape index (κ1) is 15.4. The van der Waals surface area contributed by atoms with Crippen LogP contribution in [0, 0.1) is 0 Å². The van der Waals surface area contributed by atoms with E-state index >= 15 is 0 Å². The summed E-state index contributed by atoms with van der Waals surface area (Å²) in [6, 6.07) is 8.45. The highest BCUT2D eigenvalue weighted by molar-refractivity contribution is 5.29. The molecule has 0 aromatic heterocycles. The van der Waals surface area contributed by atoms with Crippen LogP contribution in [0.15, 0.2) is 24.3 Å². The van der Waals surface area contributed by atoms with Crippen LogP contribution in [0.1, 0.15) is 63.4 Å². The fraction of sp³-hybridized carbons (Fsp3) is 0.667. The molecule has 2 nitrogen and oxygen atoms in total. The van der Waals surface area contributed by atoms with Crippen molar-refractivity contribution in [3.8, 4) is 5.75 Å². The Balaban J connectivity index is 1.73. The molecule has 2 rings (SSSR count). The lowest BCUT2D eigenvalue weighted by Crippen LogP contribution is -2.24. The van der Waals surface area contributed by atoms with E-state index < -0.39 is 0 Å². The number of hydrogen-bond acceptors (Lipinski definition) is 2. The van der Waals surface area contributed by atoms with E-state index in [2.05, 4.69) is 19.1 Å². The summed E-state index contributed by atoms with van der Waals surface area (Å²) in [7, 11) is 1.71. The maximum absolute atomic E-state index is 6.05. The maximum Gasteiger partial charge on any atom is 0.118 e. The molecule has 0 bridgehead atoms. The maximum atomic E-state index is 6.05. The predicted molar refractivity (Wildman–Crippen MR) is 83.5 cm³/mol. The summed E-state index contributed by atoms with van der Waals surface area (Å²) >= 11 is 0. The largest absolute Gasteiger partial charge is 0.497 e. The van der Waals surface area contributed by atoms with Crippen LogP contribution in [0.4, 0.5) is 0 Å². The number of ether oxygens (including phenoxy) is 2. The Hall–Kier alpha value is -1.02. The van der Waals surface area contributed by atoms with Crippen LogP contribution in [-0.4, -0.2) is 19.8 Å². The molecular formula is C18H28O2. The molecule has 1 fully saturated rings. The Kier molecular flexibility index (Phi) is 6.38. The zero-order valence-corrected chi connectivity index (χ0v) is 12.9. The highest BCUT2D eigenvalue weighted by Crippen LogP contribution is 2.30. The number of hydrogen-bond donors (Lipinski definition) is 0. The van der Waals surface area contributed by atoms with Crippen molar-refractivity contribution in [1.29, 1.82) is 0 Å². The molecule has 0 aliphatic carbocycles. The summed E-state index contributed by atoms with van der Waals surface area (Å²) < 4.78 is 11.3. The van der Waals surface area contributed by atoms with Crippen molar-refractivity contribution in [3.63, 3.8) is 0 Å². The molecule has 0 N–H and O–H groups in total. The molecule has 1 aromatic carbocycles. The average molecular weight is 276 g/mol. The highest BCUT2D eigenvalue weighted by Gasteiger charge is 2.22. The van der Waals surface area contributed by atoms with Gasteiger partial charge in [0.2, 0.25) is 0 Å². The highest BCUT2D eigenvalue weighted by atomic mass is 16.5. The van der Waals surface area contributed by atoms with Gasteiger partial charge in [0.25, 0.3) is 0 Å². The minimum Gasteiger partial charge on any atom is -0.497 e. The van der Waals surface area contributed by atoms with Gasteiger partial charge in [0, 0.05) is 5.92 Å². The zero-order valence-electron chi connectivity index (χ0n) is 12.9. The third kappa shape index (κ3) is 4.52. The lowest BCUT2D eigenvalue weighted by atomic mass is 9.90. The van der Waals surface area contributed by atoms with Crippen LogP contribution in [0.5, 0.6) is 5.75 Å². The molecule has 112 valence electrons. The third-order valence-corrected chi connectivity index (χ3v) is 4.34. The molecule has 1 aliphatic rings. The fourth-order valence-electron chi connectivity index (χ4n) is 2.97. The van der Waals surface area contributed by atoms with Gasteiger partial charge in [0.05, 0.1) is 19.8 Å². The fourth-order valence-corrected chi connectivity index (χ4v) is 2.97. The first-order chi connectivity index (χ1) is 9.83. The van der Waals surface area contributed by atoms with Gasteiger partial charge in [0.1, 0.15) is 5.75 Å². The molecule has 1 aromatic rings. The molecule has 2 atom stereocenters.